The highest BCUT2D eigenvalue weighted by Crippen LogP contribution is 2.25. The van der Waals surface area contributed by atoms with E-state index in [4.69, 9.17) is 0 Å². The van der Waals surface area contributed by atoms with Crippen LogP contribution in [0.3, 0.4) is 0 Å². The molecule has 0 spiro atoms. The summed E-state index contributed by atoms with van der Waals surface area (Å²) in [4.78, 5) is 2.46. The third-order valence-electron chi connectivity index (χ3n) is 3.42. The normalized spacial score (nSPS) is 25.3. The summed E-state index contributed by atoms with van der Waals surface area (Å²) in [5, 5.41) is 3.32. The molecule has 0 amide bonds. The SMILES string of the molecule is CNC1CC(N(C)Cc2ccccc2)C1. The molecule has 0 atom stereocenters. The van der Waals surface area contributed by atoms with Crippen molar-refractivity contribution in [3.63, 3.8) is 0 Å². The van der Waals surface area contributed by atoms with Crippen molar-refractivity contribution in [2.75, 3.05) is 14.1 Å². The Bertz CT molecular complexity index is 291. The zero-order valence-corrected chi connectivity index (χ0v) is 9.61. The van der Waals surface area contributed by atoms with Gasteiger partial charge >= 0.3 is 0 Å². The van der Waals surface area contributed by atoms with Crippen molar-refractivity contribution >= 4 is 0 Å². The van der Waals surface area contributed by atoms with E-state index >= 15 is 0 Å². The fraction of sp³-hybridized carbons (Fsp3) is 0.538. The molecule has 0 radical (unpaired) electrons. The predicted octanol–water partition coefficient (Wildman–Crippen LogP) is 1.87. The van der Waals surface area contributed by atoms with Gasteiger partial charge in [-0.3, -0.25) is 4.90 Å². The predicted molar refractivity (Wildman–Crippen MR) is 63.8 cm³/mol. The molecule has 1 fully saturated rings. The van der Waals surface area contributed by atoms with Crippen molar-refractivity contribution in [2.45, 2.75) is 31.5 Å². The maximum absolute atomic E-state index is 3.32. The van der Waals surface area contributed by atoms with E-state index in [1.165, 1.54) is 18.4 Å². The molecule has 0 aromatic heterocycles. The van der Waals surface area contributed by atoms with E-state index in [-0.39, 0.29) is 0 Å². The molecule has 0 unspecified atom stereocenters. The van der Waals surface area contributed by atoms with Crippen LogP contribution in [0, 0.1) is 0 Å². The minimum atomic E-state index is 0.744. The minimum absolute atomic E-state index is 0.744. The second kappa shape index (κ2) is 4.77. The van der Waals surface area contributed by atoms with E-state index in [0.717, 1.165) is 18.6 Å². The first-order valence-electron chi connectivity index (χ1n) is 5.71. The topological polar surface area (TPSA) is 15.3 Å². The number of rotatable bonds is 4. The number of nitrogens with one attached hydrogen (secondary N) is 1. The van der Waals surface area contributed by atoms with Crippen molar-refractivity contribution < 1.29 is 0 Å². The van der Waals surface area contributed by atoms with Gasteiger partial charge in [0.1, 0.15) is 0 Å². The highest BCUT2D eigenvalue weighted by atomic mass is 15.2. The van der Waals surface area contributed by atoms with Crippen LogP contribution in [0.5, 0.6) is 0 Å². The van der Waals surface area contributed by atoms with Gasteiger partial charge in [-0.15, -0.1) is 0 Å². The average molecular weight is 204 g/mol. The van der Waals surface area contributed by atoms with Crippen LogP contribution in [0.1, 0.15) is 18.4 Å². The third-order valence-corrected chi connectivity index (χ3v) is 3.42. The van der Waals surface area contributed by atoms with E-state index in [0.29, 0.717) is 0 Å². The Labute approximate surface area is 92.3 Å². The number of nitrogens with zero attached hydrogens (tertiary/aromatic N) is 1. The number of hydrogen-bond acceptors (Lipinski definition) is 2. The van der Waals surface area contributed by atoms with Gasteiger partial charge < -0.3 is 5.32 Å². The first-order valence-corrected chi connectivity index (χ1v) is 5.71. The van der Waals surface area contributed by atoms with Crippen molar-refractivity contribution in [2.24, 2.45) is 0 Å². The van der Waals surface area contributed by atoms with Gasteiger partial charge in [0.05, 0.1) is 0 Å². The average Bonchev–Trinajstić information content (AvgIpc) is 2.17. The summed E-state index contributed by atoms with van der Waals surface area (Å²) in [7, 11) is 4.28. The molecule has 1 N–H and O–H groups in total. The molecule has 82 valence electrons. The highest BCUT2D eigenvalue weighted by Gasteiger charge is 2.30. The molecule has 1 saturated carbocycles. The van der Waals surface area contributed by atoms with Gasteiger partial charge in [0.25, 0.3) is 0 Å². The van der Waals surface area contributed by atoms with Crippen LogP contribution >= 0.6 is 0 Å². The van der Waals surface area contributed by atoms with Crippen molar-refractivity contribution in [1.29, 1.82) is 0 Å². The maximum Gasteiger partial charge on any atom is 0.0233 e. The highest BCUT2D eigenvalue weighted by molar-refractivity contribution is 5.14. The molecule has 2 nitrogen and oxygen atoms in total. The minimum Gasteiger partial charge on any atom is -0.317 e. The van der Waals surface area contributed by atoms with E-state index < -0.39 is 0 Å². The van der Waals surface area contributed by atoms with Crippen molar-refractivity contribution in [3.8, 4) is 0 Å². The summed E-state index contributed by atoms with van der Waals surface area (Å²) in [6.45, 7) is 1.07. The molecule has 1 aromatic rings. The van der Waals surface area contributed by atoms with Gasteiger partial charge in [0.2, 0.25) is 0 Å². The lowest BCUT2D eigenvalue weighted by Gasteiger charge is -2.41. The van der Waals surface area contributed by atoms with Crippen LogP contribution in [0.4, 0.5) is 0 Å². The monoisotopic (exact) mass is 204 g/mol. The summed E-state index contributed by atoms with van der Waals surface area (Å²) in [5.41, 5.74) is 1.41. The van der Waals surface area contributed by atoms with E-state index in [1.54, 1.807) is 0 Å². The van der Waals surface area contributed by atoms with Gasteiger partial charge in [-0.2, -0.15) is 0 Å². The molecular formula is C13H20N2. The molecule has 1 aliphatic rings. The summed E-state index contributed by atoms with van der Waals surface area (Å²) < 4.78 is 0. The Kier molecular flexibility index (Phi) is 3.39. The molecule has 0 saturated heterocycles. The Morgan fingerprint density at radius 1 is 1.27 bits per heavy atom. The summed E-state index contributed by atoms with van der Waals surface area (Å²) in [6.07, 6.45) is 2.58. The van der Waals surface area contributed by atoms with Crippen LogP contribution in [-0.2, 0) is 6.54 Å². The third kappa shape index (κ3) is 2.58. The van der Waals surface area contributed by atoms with Gasteiger partial charge in [-0.05, 0) is 32.5 Å². The van der Waals surface area contributed by atoms with Crippen LogP contribution in [0.2, 0.25) is 0 Å². The molecule has 0 heterocycles. The van der Waals surface area contributed by atoms with Gasteiger partial charge in [0.15, 0.2) is 0 Å². The zero-order valence-electron chi connectivity index (χ0n) is 9.61. The Balaban J connectivity index is 1.81. The Hall–Kier alpha value is -0.860. The Morgan fingerprint density at radius 2 is 1.93 bits per heavy atom. The fourth-order valence-corrected chi connectivity index (χ4v) is 2.18. The zero-order chi connectivity index (χ0) is 10.7. The van der Waals surface area contributed by atoms with Gasteiger partial charge in [-0.25, -0.2) is 0 Å². The lowest BCUT2D eigenvalue weighted by molar-refractivity contribution is 0.119. The van der Waals surface area contributed by atoms with E-state index in [2.05, 4.69) is 54.6 Å². The molecular weight excluding hydrogens is 184 g/mol. The van der Waals surface area contributed by atoms with Gasteiger partial charge in [-0.1, -0.05) is 30.3 Å². The molecule has 1 aliphatic carbocycles. The fourth-order valence-electron chi connectivity index (χ4n) is 2.18. The lowest BCUT2D eigenvalue weighted by atomic mass is 9.85. The summed E-state index contributed by atoms with van der Waals surface area (Å²) in [6, 6.07) is 12.2. The quantitative estimate of drug-likeness (QED) is 0.805. The maximum atomic E-state index is 3.32. The Morgan fingerprint density at radius 3 is 2.53 bits per heavy atom. The van der Waals surface area contributed by atoms with Crippen molar-refractivity contribution in [3.05, 3.63) is 35.9 Å². The molecule has 1 aromatic carbocycles. The first-order chi connectivity index (χ1) is 7.29. The molecule has 2 rings (SSSR count). The number of hydrogen-bond donors (Lipinski definition) is 1. The standard InChI is InChI=1S/C13H20N2/c1-14-12-8-13(9-12)15(2)10-11-6-4-3-5-7-11/h3-7,12-14H,8-10H2,1-2H3. The summed E-state index contributed by atoms with van der Waals surface area (Å²) >= 11 is 0. The molecule has 0 aliphatic heterocycles. The first kappa shape index (κ1) is 10.7. The molecule has 2 heteroatoms. The van der Waals surface area contributed by atoms with Crippen LogP contribution in [0.25, 0.3) is 0 Å². The van der Waals surface area contributed by atoms with Crippen molar-refractivity contribution in [1.82, 2.24) is 10.2 Å². The van der Waals surface area contributed by atoms with Crippen LogP contribution < -0.4 is 5.32 Å². The lowest BCUT2D eigenvalue weighted by Crippen LogP contribution is -2.50. The summed E-state index contributed by atoms with van der Waals surface area (Å²) in [5.74, 6) is 0. The van der Waals surface area contributed by atoms with E-state index in [9.17, 15) is 0 Å². The molecule has 0 bridgehead atoms. The largest absolute Gasteiger partial charge is 0.317 e. The smallest absolute Gasteiger partial charge is 0.0233 e. The van der Waals surface area contributed by atoms with Gasteiger partial charge in [0, 0.05) is 18.6 Å². The number of benzene rings is 1. The second-order valence-corrected chi connectivity index (χ2v) is 4.51. The molecule has 15 heavy (non-hydrogen) atoms. The van der Waals surface area contributed by atoms with E-state index in [1.807, 2.05) is 0 Å². The second-order valence-electron chi connectivity index (χ2n) is 4.51. The van der Waals surface area contributed by atoms with Crippen LogP contribution in [-0.4, -0.2) is 31.1 Å². The van der Waals surface area contributed by atoms with Crippen LogP contribution in [0.15, 0.2) is 30.3 Å².